The van der Waals surface area contributed by atoms with Gasteiger partial charge >= 0.3 is 0 Å². The molecule has 0 saturated heterocycles. The van der Waals surface area contributed by atoms with Gasteiger partial charge in [-0.2, -0.15) is 4.72 Å². The van der Waals surface area contributed by atoms with E-state index in [-0.39, 0.29) is 10.7 Å². The molecule has 102 valence electrons. The van der Waals surface area contributed by atoms with Gasteiger partial charge in [-0.15, -0.1) is 6.42 Å². The SMILES string of the molecule is C#CC(CCC)NS(=O)(=O)c1ccc(C(C)=O)cc1. The van der Waals surface area contributed by atoms with Crippen LogP contribution in [0.15, 0.2) is 29.2 Å². The molecule has 1 N–H and O–H groups in total. The van der Waals surface area contributed by atoms with Crippen LogP contribution in [-0.4, -0.2) is 20.2 Å². The molecule has 1 aromatic carbocycles. The molecule has 4 nitrogen and oxygen atoms in total. The highest BCUT2D eigenvalue weighted by Gasteiger charge is 2.18. The van der Waals surface area contributed by atoms with Crippen LogP contribution in [-0.2, 0) is 10.0 Å². The van der Waals surface area contributed by atoms with Crippen molar-refractivity contribution in [2.75, 3.05) is 0 Å². The summed E-state index contributed by atoms with van der Waals surface area (Å²) in [6.07, 6.45) is 6.66. The lowest BCUT2D eigenvalue weighted by Gasteiger charge is -2.12. The van der Waals surface area contributed by atoms with Crippen LogP contribution in [0.5, 0.6) is 0 Å². The smallest absolute Gasteiger partial charge is 0.241 e. The Morgan fingerprint density at radius 2 is 1.95 bits per heavy atom. The lowest BCUT2D eigenvalue weighted by molar-refractivity contribution is 0.101. The molecule has 19 heavy (non-hydrogen) atoms. The molecule has 5 heteroatoms. The zero-order valence-corrected chi connectivity index (χ0v) is 11.8. The Bertz CT molecular complexity index is 582. The van der Waals surface area contributed by atoms with E-state index in [0.29, 0.717) is 12.0 Å². The second kappa shape index (κ2) is 6.50. The van der Waals surface area contributed by atoms with Crippen LogP contribution in [0.25, 0.3) is 0 Å². The third-order valence-electron chi connectivity index (χ3n) is 2.65. The largest absolute Gasteiger partial charge is 0.295 e. The quantitative estimate of drug-likeness (QED) is 0.639. The van der Waals surface area contributed by atoms with E-state index < -0.39 is 16.1 Å². The molecule has 1 rings (SSSR count). The summed E-state index contributed by atoms with van der Waals surface area (Å²) in [7, 11) is -3.64. The maximum Gasteiger partial charge on any atom is 0.241 e. The predicted octanol–water partition coefficient (Wildman–Crippen LogP) is 1.97. The molecule has 0 aliphatic rings. The Hall–Kier alpha value is -1.64. The van der Waals surface area contributed by atoms with Gasteiger partial charge in [-0.1, -0.05) is 31.4 Å². The van der Waals surface area contributed by atoms with Crippen molar-refractivity contribution in [3.05, 3.63) is 29.8 Å². The fraction of sp³-hybridized carbons (Fsp3) is 0.357. The minimum atomic E-state index is -3.64. The number of hydrogen-bond acceptors (Lipinski definition) is 3. The van der Waals surface area contributed by atoms with Crippen LogP contribution in [0, 0.1) is 12.3 Å². The highest BCUT2D eigenvalue weighted by atomic mass is 32.2. The number of nitrogens with one attached hydrogen (secondary N) is 1. The fourth-order valence-electron chi connectivity index (χ4n) is 1.59. The normalized spacial score (nSPS) is 12.7. The van der Waals surface area contributed by atoms with E-state index in [2.05, 4.69) is 10.6 Å². The zero-order chi connectivity index (χ0) is 14.5. The average molecular weight is 279 g/mol. The Labute approximate surface area is 114 Å². The fourth-order valence-corrected chi connectivity index (χ4v) is 2.78. The predicted molar refractivity (Wildman–Crippen MR) is 74.3 cm³/mol. The number of hydrogen-bond donors (Lipinski definition) is 1. The highest BCUT2D eigenvalue weighted by Crippen LogP contribution is 2.12. The number of terminal acetylenes is 1. The summed E-state index contributed by atoms with van der Waals surface area (Å²) in [4.78, 5) is 11.2. The molecule has 0 saturated carbocycles. The number of benzene rings is 1. The van der Waals surface area contributed by atoms with E-state index in [1.165, 1.54) is 31.2 Å². The zero-order valence-electron chi connectivity index (χ0n) is 11.0. The number of rotatable bonds is 6. The van der Waals surface area contributed by atoms with Gasteiger partial charge in [-0.25, -0.2) is 8.42 Å². The van der Waals surface area contributed by atoms with Crippen LogP contribution in [0.3, 0.4) is 0 Å². The molecule has 0 aliphatic carbocycles. The first kappa shape index (κ1) is 15.4. The molecule has 0 bridgehead atoms. The number of carbonyl (C=O) groups excluding carboxylic acids is 1. The van der Waals surface area contributed by atoms with Gasteiger partial charge in [0.15, 0.2) is 5.78 Å². The average Bonchev–Trinajstić information content (AvgIpc) is 2.38. The Kier molecular flexibility index (Phi) is 5.28. The second-order valence-corrected chi connectivity index (χ2v) is 5.92. The second-order valence-electron chi connectivity index (χ2n) is 4.21. The van der Waals surface area contributed by atoms with Crippen molar-refractivity contribution in [1.82, 2.24) is 4.72 Å². The maximum atomic E-state index is 12.1. The van der Waals surface area contributed by atoms with Gasteiger partial charge < -0.3 is 0 Å². The first-order valence-corrected chi connectivity index (χ1v) is 7.48. The first-order chi connectivity index (χ1) is 8.90. The van der Waals surface area contributed by atoms with Crippen molar-refractivity contribution < 1.29 is 13.2 Å². The maximum absolute atomic E-state index is 12.1. The van der Waals surface area contributed by atoms with E-state index in [1.54, 1.807) is 0 Å². The third-order valence-corrected chi connectivity index (χ3v) is 4.13. The van der Waals surface area contributed by atoms with Crippen molar-refractivity contribution in [3.8, 4) is 12.3 Å². The van der Waals surface area contributed by atoms with Gasteiger partial charge in [0.25, 0.3) is 0 Å². The number of Topliss-reactive ketones (excluding diaryl/α,β-unsaturated/α-hetero) is 1. The first-order valence-electron chi connectivity index (χ1n) is 6.00. The number of sulfonamides is 1. The summed E-state index contributed by atoms with van der Waals surface area (Å²) in [5.74, 6) is 2.31. The molecule has 0 fully saturated rings. The van der Waals surface area contributed by atoms with Gasteiger partial charge in [0.05, 0.1) is 10.9 Å². The van der Waals surface area contributed by atoms with Gasteiger partial charge in [0, 0.05) is 5.56 Å². The molecule has 0 radical (unpaired) electrons. The Morgan fingerprint density at radius 3 is 2.37 bits per heavy atom. The standard InChI is InChI=1S/C14H17NO3S/c1-4-6-13(5-2)15-19(17,18)14-9-7-12(8-10-14)11(3)16/h2,7-10,13,15H,4,6H2,1,3H3. The Morgan fingerprint density at radius 1 is 1.37 bits per heavy atom. The molecule has 1 aromatic rings. The molecular formula is C14H17NO3S. The van der Waals surface area contributed by atoms with Crippen molar-refractivity contribution in [3.63, 3.8) is 0 Å². The molecule has 1 unspecified atom stereocenters. The highest BCUT2D eigenvalue weighted by molar-refractivity contribution is 7.89. The van der Waals surface area contributed by atoms with Crippen LogP contribution in [0.2, 0.25) is 0 Å². The van der Waals surface area contributed by atoms with Crippen LogP contribution in [0.1, 0.15) is 37.0 Å². The lowest BCUT2D eigenvalue weighted by Crippen LogP contribution is -2.33. The summed E-state index contributed by atoms with van der Waals surface area (Å²) in [6, 6.07) is 5.27. The molecule has 0 heterocycles. The van der Waals surface area contributed by atoms with E-state index in [1.807, 2.05) is 6.92 Å². The summed E-state index contributed by atoms with van der Waals surface area (Å²) >= 11 is 0. The Balaban J connectivity index is 2.94. The van der Waals surface area contributed by atoms with E-state index in [0.717, 1.165) is 6.42 Å². The summed E-state index contributed by atoms with van der Waals surface area (Å²) in [6.45, 7) is 3.36. The van der Waals surface area contributed by atoms with Gasteiger partial charge in [-0.3, -0.25) is 4.79 Å². The van der Waals surface area contributed by atoms with Gasteiger partial charge in [-0.05, 0) is 25.5 Å². The van der Waals surface area contributed by atoms with Crippen LogP contribution in [0.4, 0.5) is 0 Å². The van der Waals surface area contributed by atoms with Gasteiger partial charge in [0.1, 0.15) is 0 Å². The van der Waals surface area contributed by atoms with Crippen molar-refractivity contribution in [2.24, 2.45) is 0 Å². The van der Waals surface area contributed by atoms with E-state index >= 15 is 0 Å². The molecular weight excluding hydrogens is 262 g/mol. The van der Waals surface area contributed by atoms with Crippen LogP contribution >= 0.6 is 0 Å². The van der Waals surface area contributed by atoms with Crippen molar-refractivity contribution in [1.29, 1.82) is 0 Å². The van der Waals surface area contributed by atoms with Crippen molar-refractivity contribution in [2.45, 2.75) is 37.6 Å². The summed E-state index contributed by atoms with van der Waals surface area (Å²) < 4.78 is 26.6. The van der Waals surface area contributed by atoms with E-state index in [9.17, 15) is 13.2 Å². The minimum Gasteiger partial charge on any atom is -0.295 e. The molecule has 1 atom stereocenters. The summed E-state index contributed by atoms with van der Waals surface area (Å²) in [5, 5.41) is 0. The lowest BCUT2D eigenvalue weighted by atomic mass is 10.2. The van der Waals surface area contributed by atoms with Gasteiger partial charge in [0.2, 0.25) is 10.0 Å². The molecule has 0 aliphatic heterocycles. The minimum absolute atomic E-state index is 0.105. The number of ketones is 1. The van der Waals surface area contributed by atoms with E-state index in [4.69, 9.17) is 6.42 Å². The summed E-state index contributed by atoms with van der Waals surface area (Å²) in [5.41, 5.74) is 0.473. The number of carbonyl (C=O) groups is 1. The van der Waals surface area contributed by atoms with Crippen molar-refractivity contribution >= 4 is 15.8 Å². The third kappa shape index (κ3) is 4.19. The van der Waals surface area contributed by atoms with Crippen LogP contribution < -0.4 is 4.72 Å². The molecule has 0 amide bonds. The topological polar surface area (TPSA) is 63.2 Å². The molecule has 0 spiro atoms. The molecule has 0 aromatic heterocycles. The monoisotopic (exact) mass is 279 g/mol.